The molecule has 1 amide bonds. The molecule has 25 heavy (non-hydrogen) atoms. The Morgan fingerprint density at radius 1 is 1.08 bits per heavy atom. The summed E-state index contributed by atoms with van der Waals surface area (Å²) in [6.07, 6.45) is 2.00. The van der Waals surface area contributed by atoms with Gasteiger partial charge in [0.05, 0.1) is 6.54 Å². The second kappa shape index (κ2) is 8.20. The number of amides is 1. The molecule has 0 bridgehead atoms. The summed E-state index contributed by atoms with van der Waals surface area (Å²) >= 11 is 0. The van der Waals surface area contributed by atoms with Gasteiger partial charge in [0.1, 0.15) is 0 Å². The lowest BCUT2D eigenvalue weighted by Crippen LogP contribution is -2.48. The molecule has 0 unspecified atom stereocenters. The van der Waals surface area contributed by atoms with Crippen molar-refractivity contribution in [3.8, 4) is 0 Å². The predicted octanol–water partition coefficient (Wildman–Crippen LogP) is 1.60. The van der Waals surface area contributed by atoms with Crippen LogP contribution in [0.25, 0.3) is 0 Å². The summed E-state index contributed by atoms with van der Waals surface area (Å²) in [5.41, 5.74) is 2.03. The van der Waals surface area contributed by atoms with Crippen molar-refractivity contribution >= 4 is 5.91 Å². The second-order valence-electron chi connectivity index (χ2n) is 6.44. The van der Waals surface area contributed by atoms with E-state index in [9.17, 15) is 4.79 Å². The van der Waals surface area contributed by atoms with Gasteiger partial charge < -0.3 is 4.90 Å². The average Bonchev–Trinajstić information content (AvgIpc) is 3.09. The Balaban J connectivity index is 1.54. The molecule has 2 heterocycles. The number of aryl methyl sites for hydroxylation is 2. The van der Waals surface area contributed by atoms with Crippen LogP contribution in [0.2, 0.25) is 0 Å². The minimum atomic E-state index is 0.123. The van der Waals surface area contributed by atoms with Gasteiger partial charge in [-0.2, -0.15) is 0 Å². The number of carbonyl (C=O) groups excluding carboxylic acids is 1. The van der Waals surface area contributed by atoms with E-state index in [1.54, 1.807) is 0 Å². The molecular formula is C18H26N6O. The highest BCUT2D eigenvalue weighted by Gasteiger charge is 2.23. The molecule has 1 aromatic heterocycles. The van der Waals surface area contributed by atoms with Crippen molar-refractivity contribution in [3.63, 3.8) is 0 Å². The van der Waals surface area contributed by atoms with Crippen molar-refractivity contribution in [2.45, 2.75) is 39.8 Å². The van der Waals surface area contributed by atoms with E-state index in [2.05, 4.69) is 34.3 Å². The lowest BCUT2D eigenvalue weighted by atomic mass is 10.1. The summed E-state index contributed by atoms with van der Waals surface area (Å²) < 4.78 is 1.87. The van der Waals surface area contributed by atoms with Gasteiger partial charge >= 0.3 is 0 Å². The monoisotopic (exact) mass is 342 g/mol. The average molecular weight is 342 g/mol. The number of piperazine rings is 1. The van der Waals surface area contributed by atoms with E-state index < -0.39 is 0 Å². The number of rotatable bonds is 6. The molecule has 0 atom stereocenters. The van der Waals surface area contributed by atoms with E-state index in [1.807, 2.05) is 33.8 Å². The summed E-state index contributed by atoms with van der Waals surface area (Å²) in [4.78, 5) is 16.9. The summed E-state index contributed by atoms with van der Waals surface area (Å²) in [6, 6.07) is 7.95. The van der Waals surface area contributed by atoms with Crippen molar-refractivity contribution in [2.75, 3.05) is 26.2 Å². The molecule has 1 aliphatic rings. The van der Waals surface area contributed by atoms with Crippen molar-refractivity contribution in [1.29, 1.82) is 0 Å². The van der Waals surface area contributed by atoms with E-state index in [1.165, 1.54) is 5.56 Å². The zero-order valence-corrected chi connectivity index (χ0v) is 15.1. The zero-order chi connectivity index (χ0) is 17.6. The molecule has 2 aromatic rings. The molecule has 134 valence electrons. The number of aromatic nitrogens is 4. The van der Waals surface area contributed by atoms with Crippen LogP contribution in [0.5, 0.6) is 0 Å². The van der Waals surface area contributed by atoms with Crippen molar-refractivity contribution in [1.82, 2.24) is 30.0 Å². The molecule has 3 rings (SSSR count). The number of tetrazole rings is 1. The third-order valence-electron chi connectivity index (χ3n) is 4.68. The maximum Gasteiger partial charge on any atom is 0.253 e. The normalized spacial score (nSPS) is 15.5. The van der Waals surface area contributed by atoms with Gasteiger partial charge in [0.15, 0.2) is 5.82 Å². The maximum absolute atomic E-state index is 12.6. The van der Waals surface area contributed by atoms with Crippen LogP contribution in [0.4, 0.5) is 0 Å². The molecule has 0 radical (unpaired) electrons. The van der Waals surface area contributed by atoms with Crippen LogP contribution in [0.1, 0.15) is 42.0 Å². The SMILES string of the molecule is CCCn1nnnc1CN1CCN(C(=O)c2ccc(CC)cc2)CC1. The molecule has 1 aromatic carbocycles. The molecule has 0 aliphatic carbocycles. The summed E-state index contributed by atoms with van der Waals surface area (Å²) in [5.74, 6) is 1.02. The second-order valence-corrected chi connectivity index (χ2v) is 6.44. The Morgan fingerprint density at radius 2 is 1.80 bits per heavy atom. The van der Waals surface area contributed by atoms with Gasteiger partial charge in [-0.05, 0) is 41.0 Å². The number of carbonyl (C=O) groups is 1. The van der Waals surface area contributed by atoms with Gasteiger partial charge in [-0.3, -0.25) is 9.69 Å². The van der Waals surface area contributed by atoms with Crippen LogP contribution in [-0.4, -0.2) is 62.1 Å². The summed E-state index contributed by atoms with van der Waals surface area (Å²) in [7, 11) is 0. The molecule has 0 saturated carbocycles. The molecule has 0 N–H and O–H groups in total. The summed E-state index contributed by atoms with van der Waals surface area (Å²) in [5, 5.41) is 11.9. The Labute approximate surface area is 148 Å². The van der Waals surface area contributed by atoms with Crippen LogP contribution in [0.3, 0.4) is 0 Å². The number of hydrogen-bond donors (Lipinski definition) is 0. The van der Waals surface area contributed by atoms with Crippen LogP contribution in [0.15, 0.2) is 24.3 Å². The third-order valence-corrected chi connectivity index (χ3v) is 4.68. The highest BCUT2D eigenvalue weighted by molar-refractivity contribution is 5.94. The smallest absolute Gasteiger partial charge is 0.253 e. The molecule has 0 spiro atoms. The van der Waals surface area contributed by atoms with E-state index in [-0.39, 0.29) is 5.91 Å². The van der Waals surface area contributed by atoms with Gasteiger partial charge in [0, 0.05) is 38.3 Å². The zero-order valence-electron chi connectivity index (χ0n) is 15.1. The fraction of sp³-hybridized carbons (Fsp3) is 0.556. The Hall–Kier alpha value is -2.28. The Bertz CT molecular complexity index is 688. The molecule has 1 saturated heterocycles. The number of nitrogens with zero attached hydrogens (tertiary/aromatic N) is 6. The van der Waals surface area contributed by atoms with Gasteiger partial charge in [-0.15, -0.1) is 5.10 Å². The Kier molecular flexibility index (Phi) is 5.75. The largest absolute Gasteiger partial charge is 0.336 e. The van der Waals surface area contributed by atoms with Crippen molar-refractivity contribution < 1.29 is 4.79 Å². The molecule has 7 nitrogen and oxygen atoms in total. The van der Waals surface area contributed by atoms with Gasteiger partial charge in [0.25, 0.3) is 5.91 Å². The Morgan fingerprint density at radius 3 is 2.44 bits per heavy atom. The van der Waals surface area contributed by atoms with E-state index in [0.717, 1.165) is 63.5 Å². The lowest BCUT2D eigenvalue weighted by molar-refractivity contribution is 0.0623. The minimum absolute atomic E-state index is 0.123. The van der Waals surface area contributed by atoms with Crippen LogP contribution >= 0.6 is 0 Å². The first-order valence-corrected chi connectivity index (χ1v) is 9.06. The van der Waals surface area contributed by atoms with Crippen LogP contribution in [-0.2, 0) is 19.5 Å². The minimum Gasteiger partial charge on any atom is -0.336 e. The topological polar surface area (TPSA) is 67.2 Å². The van der Waals surface area contributed by atoms with Crippen molar-refractivity contribution in [3.05, 3.63) is 41.2 Å². The van der Waals surface area contributed by atoms with Gasteiger partial charge in [-0.1, -0.05) is 26.0 Å². The highest BCUT2D eigenvalue weighted by Crippen LogP contribution is 2.12. The molecule has 7 heteroatoms. The third kappa shape index (κ3) is 4.22. The number of hydrogen-bond acceptors (Lipinski definition) is 5. The standard InChI is InChI=1S/C18H26N6O/c1-3-9-24-17(19-20-21-24)14-22-10-12-23(13-11-22)18(25)16-7-5-15(4-2)6-8-16/h5-8H,3-4,9-14H2,1-2H3. The first-order valence-electron chi connectivity index (χ1n) is 9.06. The first-order chi connectivity index (χ1) is 12.2. The fourth-order valence-corrected chi connectivity index (χ4v) is 3.10. The predicted molar refractivity (Wildman–Crippen MR) is 95.1 cm³/mol. The summed E-state index contributed by atoms with van der Waals surface area (Å²) in [6.45, 7) is 8.98. The van der Waals surface area contributed by atoms with Gasteiger partial charge in [0.2, 0.25) is 0 Å². The van der Waals surface area contributed by atoms with Crippen LogP contribution < -0.4 is 0 Å². The van der Waals surface area contributed by atoms with Crippen LogP contribution in [0, 0.1) is 0 Å². The molecule has 1 fully saturated rings. The van der Waals surface area contributed by atoms with E-state index in [4.69, 9.17) is 0 Å². The lowest BCUT2D eigenvalue weighted by Gasteiger charge is -2.34. The molecule has 1 aliphatic heterocycles. The van der Waals surface area contributed by atoms with E-state index >= 15 is 0 Å². The first kappa shape index (κ1) is 17.5. The van der Waals surface area contributed by atoms with Gasteiger partial charge in [-0.25, -0.2) is 4.68 Å². The highest BCUT2D eigenvalue weighted by atomic mass is 16.2. The quantitative estimate of drug-likeness (QED) is 0.798. The van der Waals surface area contributed by atoms with E-state index in [0.29, 0.717) is 0 Å². The fourth-order valence-electron chi connectivity index (χ4n) is 3.10. The number of benzene rings is 1. The molecular weight excluding hydrogens is 316 g/mol. The maximum atomic E-state index is 12.6. The van der Waals surface area contributed by atoms with Crippen molar-refractivity contribution in [2.24, 2.45) is 0 Å².